The van der Waals surface area contributed by atoms with Crippen molar-refractivity contribution in [1.82, 2.24) is 19.4 Å². The van der Waals surface area contributed by atoms with Crippen LogP contribution in [0.2, 0.25) is 0 Å². The van der Waals surface area contributed by atoms with Crippen LogP contribution >= 0.6 is 0 Å². The van der Waals surface area contributed by atoms with Crippen LogP contribution in [-0.4, -0.2) is 41.2 Å². The molecular formula is C19H26N4O3S. The summed E-state index contributed by atoms with van der Waals surface area (Å²) in [6, 6.07) is 7.19. The number of nitrogens with zero attached hydrogens (tertiary/aromatic N) is 3. The van der Waals surface area contributed by atoms with Crippen molar-refractivity contribution in [2.45, 2.75) is 38.8 Å². The zero-order chi connectivity index (χ0) is 19.8. The fraction of sp³-hybridized carbons (Fsp3) is 0.474. The van der Waals surface area contributed by atoms with Gasteiger partial charge in [-0.25, -0.2) is 8.42 Å². The number of aryl methyl sites for hydroxylation is 1. The van der Waals surface area contributed by atoms with Crippen LogP contribution in [0.15, 0.2) is 30.5 Å². The minimum Gasteiger partial charge on any atom is -0.350 e. The molecule has 1 aliphatic heterocycles. The first-order chi connectivity index (χ1) is 12.7. The molecule has 1 amide bonds. The van der Waals surface area contributed by atoms with E-state index < -0.39 is 16.1 Å². The third-order valence-electron chi connectivity index (χ3n) is 5.03. The molecule has 2 heterocycles. The van der Waals surface area contributed by atoms with Crippen molar-refractivity contribution in [1.29, 1.82) is 0 Å². The Bertz CT molecular complexity index is 932. The maximum atomic E-state index is 12.9. The molecule has 1 N–H and O–H groups in total. The van der Waals surface area contributed by atoms with Gasteiger partial charge in [-0.1, -0.05) is 38.1 Å². The number of carbonyl (C=O) groups excluding carboxylic acids is 1. The molecule has 0 saturated heterocycles. The van der Waals surface area contributed by atoms with E-state index in [0.29, 0.717) is 24.4 Å². The van der Waals surface area contributed by atoms with E-state index in [-0.39, 0.29) is 12.5 Å². The first kappa shape index (κ1) is 19.6. The Morgan fingerprint density at radius 2 is 1.96 bits per heavy atom. The van der Waals surface area contributed by atoms with Crippen molar-refractivity contribution >= 4 is 15.9 Å². The van der Waals surface area contributed by atoms with E-state index in [2.05, 4.69) is 36.4 Å². The number of aromatic nitrogens is 2. The highest BCUT2D eigenvalue weighted by atomic mass is 32.2. The fourth-order valence-corrected chi connectivity index (χ4v) is 4.47. The van der Waals surface area contributed by atoms with Gasteiger partial charge in [-0.2, -0.15) is 9.40 Å². The van der Waals surface area contributed by atoms with Gasteiger partial charge in [0.05, 0.1) is 12.5 Å². The molecule has 1 unspecified atom stereocenters. The average Bonchev–Trinajstić information content (AvgIpc) is 2.99. The first-order valence-corrected chi connectivity index (χ1v) is 10.9. The molecule has 0 aliphatic carbocycles. The van der Waals surface area contributed by atoms with E-state index >= 15 is 0 Å². The number of rotatable bonds is 5. The quantitative estimate of drug-likeness (QED) is 0.842. The number of fused-ring (bicyclic) bond motifs is 1. The molecule has 1 atom stereocenters. The van der Waals surface area contributed by atoms with Crippen molar-refractivity contribution in [3.63, 3.8) is 0 Å². The van der Waals surface area contributed by atoms with Crippen molar-refractivity contribution in [2.75, 3.05) is 12.8 Å². The number of hydrogen-bond donors (Lipinski definition) is 1. The SMILES string of the molecule is CC(C)c1ccc(CNC(=O)C2c3cnn(C)c3CCN2S(C)(=O)=O)cc1. The Balaban J connectivity index is 1.80. The maximum absolute atomic E-state index is 12.9. The second kappa shape index (κ2) is 7.44. The molecule has 1 aromatic carbocycles. The van der Waals surface area contributed by atoms with Crippen molar-refractivity contribution in [3.8, 4) is 0 Å². The molecule has 2 aromatic rings. The highest BCUT2D eigenvalue weighted by molar-refractivity contribution is 7.88. The van der Waals surface area contributed by atoms with Crippen LogP contribution in [0.3, 0.4) is 0 Å². The zero-order valence-corrected chi connectivity index (χ0v) is 17.0. The van der Waals surface area contributed by atoms with Gasteiger partial charge in [-0.3, -0.25) is 9.48 Å². The summed E-state index contributed by atoms with van der Waals surface area (Å²) in [4.78, 5) is 12.9. The third kappa shape index (κ3) is 4.06. The van der Waals surface area contributed by atoms with E-state index in [9.17, 15) is 13.2 Å². The van der Waals surface area contributed by atoms with Crippen molar-refractivity contribution < 1.29 is 13.2 Å². The first-order valence-electron chi connectivity index (χ1n) is 9.02. The highest BCUT2D eigenvalue weighted by Gasteiger charge is 2.39. The van der Waals surface area contributed by atoms with Gasteiger partial charge in [0, 0.05) is 37.8 Å². The number of amides is 1. The van der Waals surface area contributed by atoms with E-state index in [1.807, 2.05) is 12.1 Å². The second-order valence-corrected chi connectivity index (χ2v) is 9.25. The minimum absolute atomic E-state index is 0.270. The van der Waals surface area contributed by atoms with Crippen LogP contribution in [0.1, 0.15) is 48.2 Å². The summed E-state index contributed by atoms with van der Waals surface area (Å²) in [5.41, 5.74) is 3.76. The molecular weight excluding hydrogens is 364 g/mol. The topological polar surface area (TPSA) is 84.3 Å². The van der Waals surface area contributed by atoms with Crippen molar-refractivity contribution in [3.05, 3.63) is 52.8 Å². The average molecular weight is 391 g/mol. The van der Waals surface area contributed by atoms with Crippen LogP contribution in [0.4, 0.5) is 0 Å². The Morgan fingerprint density at radius 3 is 2.56 bits per heavy atom. The lowest BCUT2D eigenvalue weighted by atomic mass is 10.00. The standard InChI is InChI=1S/C19H26N4O3S/c1-13(2)15-7-5-14(6-8-15)11-20-19(24)18-16-12-21-22(3)17(16)9-10-23(18)27(4,25)26/h5-8,12-13,18H,9-11H2,1-4H3,(H,20,24). The Kier molecular flexibility index (Phi) is 5.39. The van der Waals surface area contributed by atoms with E-state index in [1.165, 1.54) is 9.87 Å². The third-order valence-corrected chi connectivity index (χ3v) is 6.28. The Labute approximate surface area is 160 Å². The van der Waals surface area contributed by atoms with E-state index in [0.717, 1.165) is 17.5 Å². The summed E-state index contributed by atoms with van der Waals surface area (Å²) >= 11 is 0. The molecule has 27 heavy (non-hydrogen) atoms. The predicted molar refractivity (Wildman–Crippen MR) is 104 cm³/mol. The Hall–Kier alpha value is -2.19. The zero-order valence-electron chi connectivity index (χ0n) is 16.1. The van der Waals surface area contributed by atoms with Crippen molar-refractivity contribution in [2.24, 2.45) is 7.05 Å². The molecule has 1 aliphatic rings. The van der Waals surface area contributed by atoms with Gasteiger partial charge in [0.1, 0.15) is 6.04 Å². The second-order valence-electron chi connectivity index (χ2n) is 7.31. The van der Waals surface area contributed by atoms with Crippen LogP contribution in [0.5, 0.6) is 0 Å². The summed E-state index contributed by atoms with van der Waals surface area (Å²) < 4.78 is 27.4. The number of nitrogens with one attached hydrogen (secondary N) is 1. The summed E-state index contributed by atoms with van der Waals surface area (Å²) in [6.07, 6.45) is 3.27. The molecule has 1 aromatic heterocycles. The van der Waals surface area contributed by atoms with Gasteiger partial charge in [0.2, 0.25) is 15.9 Å². The predicted octanol–water partition coefficient (Wildman–Crippen LogP) is 1.72. The van der Waals surface area contributed by atoms with E-state index in [1.54, 1.807) is 17.9 Å². The lowest BCUT2D eigenvalue weighted by molar-refractivity contribution is -0.125. The molecule has 0 fully saturated rings. The summed E-state index contributed by atoms with van der Waals surface area (Å²) in [7, 11) is -1.71. The number of hydrogen-bond acceptors (Lipinski definition) is 4. The van der Waals surface area contributed by atoms with E-state index in [4.69, 9.17) is 0 Å². The van der Waals surface area contributed by atoms with Crippen LogP contribution < -0.4 is 5.32 Å². The van der Waals surface area contributed by atoms with Crippen LogP contribution in [0, 0.1) is 0 Å². The minimum atomic E-state index is -3.52. The number of carbonyl (C=O) groups is 1. The van der Waals surface area contributed by atoms with Gasteiger partial charge >= 0.3 is 0 Å². The lowest BCUT2D eigenvalue weighted by Gasteiger charge is -2.32. The molecule has 0 bridgehead atoms. The Morgan fingerprint density at radius 1 is 1.30 bits per heavy atom. The molecule has 0 radical (unpaired) electrons. The summed E-state index contributed by atoms with van der Waals surface area (Å²) in [5.74, 6) is 0.116. The largest absolute Gasteiger partial charge is 0.350 e. The molecule has 0 saturated carbocycles. The monoisotopic (exact) mass is 390 g/mol. The van der Waals surface area contributed by atoms with Crippen LogP contribution in [0.25, 0.3) is 0 Å². The molecule has 3 rings (SSSR count). The normalized spacial score (nSPS) is 17.7. The number of benzene rings is 1. The number of sulfonamides is 1. The van der Waals surface area contributed by atoms with Gasteiger partial charge in [0.25, 0.3) is 0 Å². The molecule has 146 valence electrons. The summed E-state index contributed by atoms with van der Waals surface area (Å²) in [6.45, 7) is 4.88. The van der Waals surface area contributed by atoms with Gasteiger partial charge in [0.15, 0.2) is 0 Å². The fourth-order valence-electron chi connectivity index (χ4n) is 3.45. The van der Waals surface area contributed by atoms with Gasteiger partial charge < -0.3 is 5.32 Å². The smallest absolute Gasteiger partial charge is 0.243 e. The van der Waals surface area contributed by atoms with Gasteiger partial charge in [-0.05, 0) is 17.0 Å². The molecule has 8 heteroatoms. The van der Waals surface area contributed by atoms with Crippen LogP contribution in [-0.2, 0) is 34.8 Å². The van der Waals surface area contributed by atoms with Gasteiger partial charge in [-0.15, -0.1) is 0 Å². The molecule has 7 nitrogen and oxygen atoms in total. The highest BCUT2D eigenvalue weighted by Crippen LogP contribution is 2.31. The maximum Gasteiger partial charge on any atom is 0.243 e. The summed E-state index contributed by atoms with van der Waals surface area (Å²) in [5, 5.41) is 7.09. The lowest BCUT2D eigenvalue weighted by Crippen LogP contribution is -2.46. The molecule has 0 spiro atoms.